The molecule has 1 atom stereocenters. The molecule has 0 saturated heterocycles. The van der Waals surface area contributed by atoms with Crippen LogP contribution < -0.4 is 5.32 Å². The summed E-state index contributed by atoms with van der Waals surface area (Å²) in [5, 5.41) is 15.4. The molecule has 0 unspecified atom stereocenters. The Hall–Kier alpha value is -3.69. The summed E-state index contributed by atoms with van der Waals surface area (Å²) < 4.78 is 0. The topological polar surface area (TPSA) is 49.3 Å². The molecule has 0 bridgehead atoms. The zero-order valence-corrected chi connectivity index (χ0v) is 17.2. The smallest absolute Gasteiger partial charge is 0.251 e. The van der Waals surface area contributed by atoms with Gasteiger partial charge >= 0.3 is 0 Å². The summed E-state index contributed by atoms with van der Waals surface area (Å²) in [6.07, 6.45) is 0.472. The van der Waals surface area contributed by atoms with E-state index in [1.807, 2.05) is 109 Å². The molecule has 3 heteroatoms. The summed E-state index contributed by atoms with van der Waals surface area (Å²) in [4.78, 5) is 13.1. The van der Waals surface area contributed by atoms with Gasteiger partial charge in [-0.25, -0.2) is 0 Å². The van der Waals surface area contributed by atoms with Crippen LogP contribution in [0.5, 0.6) is 0 Å². The van der Waals surface area contributed by atoms with Gasteiger partial charge in [-0.1, -0.05) is 109 Å². The summed E-state index contributed by atoms with van der Waals surface area (Å²) in [5.41, 5.74) is 1.64. The first-order chi connectivity index (χ1) is 15.2. The van der Waals surface area contributed by atoms with Crippen LogP contribution in [0.3, 0.4) is 0 Å². The van der Waals surface area contributed by atoms with Gasteiger partial charge in [0.2, 0.25) is 0 Å². The number of nitrogens with one attached hydrogen (secondary N) is 1. The largest absolute Gasteiger partial charge is 0.378 e. The van der Waals surface area contributed by atoms with Crippen molar-refractivity contribution in [2.75, 3.05) is 0 Å². The molecule has 0 saturated carbocycles. The fourth-order valence-electron chi connectivity index (χ4n) is 3.94. The molecule has 0 heterocycles. The van der Waals surface area contributed by atoms with Gasteiger partial charge in [0.25, 0.3) is 5.91 Å². The van der Waals surface area contributed by atoms with E-state index in [0.717, 1.165) is 16.7 Å². The van der Waals surface area contributed by atoms with Crippen molar-refractivity contribution >= 4 is 5.91 Å². The van der Waals surface area contributed by atoms with Crippen LogP contribution in [0.2, 0.25) is 0 Å². The lowest BCUT2D eigenvalue weighted by Crippen LogP contribution is -2.52. The van der Waals surface area contributed by atoms with Crippen LogP contribution in [0.4, 0.5) is 0 Å². The van der Waals surface area contributed by atoms with E-state index in [4.69, 9.17) is 0 Å². The molecule has 4 aromatic carbocycles. The van der Waals surface area contributed by atoms with Crippen LogP contribution in [0.15, 0.2) is 121 Å². The van der Waals surface area contributed by atoms with Gasteiger partial charge in [-0.3, -0.25) is 4.79 Å². The van der Waals surface area contributed by atoms with Crippen molar-refractivity contribution in [3.63, 3.8) is 0 Å². The van der Waals surface area contributed by atoms with E-state index in [2.05, 4.69) is 5.32 Å². The molecular weight excluding hydrogens is 382 g/mol. The molecule has 4 rings (SSSR count). The summed E-state index contributed by atoms with van der Waals surface area (Å²) >= 11 is 0. The van der Waals surface area contributed by atoms with E-state index in [1.165, 1.54) is 0 Å². The third-order valence-electron chi connectivity index (χ3n) is 5.56. The number of hydrogen-bond donors (Lipinski definition) is 2. The highest BCUT2D eigenvalue weighted by atomic mass is 16.3. The second-order valence-corrected chi connectivity index (χ2v) is 7.58. The monoisotopic (exact) mass is 407 g/mol. The predicted molar refractivity (Wildman–Crippen MR) is 124 cm³/mol. The highest BCUT2D eigenvalue weighted by molar-refractivity contribution is 5.94. The maximum atomic E-state index is 13.1. The van der Waals surface area contributed by atoms with E-state index < -0.39 is 11.6 Å². The van der Waals surface area contributed by atoms with Crippen LogP contribution in [0, 0.1) is 0 Å². The number of amides is 1. The molecule has 3 nitrogen and oxygen atoms in total. The van der Waals surface area contributed by atoms with Gasteiger partial charge in [0.05, 0.1) is 6.04 Å². The average molecular weight is 408 g/mol. The Morgan fingerprint density at radius 1 is 0.677 bits per heavy atom. The van der Waals surface area contributed by atoms with Crippen LogP contribution in [-0.4, -0.2) is 17.1 Å². The first-order valence-electron chi connectivity index (χ1n) is 10.4. The molecule has 0 aliphatic rings. The maximum absolute atomic E-state index is 13.1. The first-order valence-corrected chi connectivity index (χ1v) is 10.4. The van der Waals surface area contributed by atoms with Crippen molar-refractivity contribution in [2.45, 2.75) is 18.1 Å². The molecule has 0 spiro atoms. The SMILES string of the molecule is O=C(N[C@@H](Cc1ccccc1)C(O)(c1ccccc1)c1ccccc1)c1ccccc1. The molecular formula is C28H25NO2. The van der Waals surface area contributed by atoms with Gasteiger partial charge in [0, 0.05) is 5.56 Å². The Bertz CT molecular complexity index is 1060. The number of rotatable bonds is 7. The number of carbonyl (C=O) groups is 1. The number of hydrogen-bond acceptors (Lipinski definition) is 2. The highest BCUT2D eigenvalue weighted by Gasteiger charge is 2.41. The fourth-order valence-corrected chi connectivity index (χ4v) is 3.94. The predicted octanol–water partition coefficient (Wildman–Crippen LogP) is 4.96. The first kappa shape index (κ1) is 20.6. The Morgan fingerprint density at radius 2 is 1.10 bits per heavy atom. The Labute approximate surface area is 183 Å². The second kappa shape index (κ2) is 9.41. The van der Waals surface area contributed by atoms with Gasteiger partial charge in [-0.05, 0) is 35.2 Å². The van der Waals surface area contributed by atoms with Crippen LogP contribution in [0.25, 0.3) is 0 Å². The van der Waals surface area contributed by atoms with E-state index in [1.54, 1.807) is 12.1 Å². The Kier molecular flexibility index (Phi) is 6.25. The minimum atomic E-state index is -1.41. The molecule has 154 valence electrons. The van der Waals surface area contributed by atoms with Crippen molar-refractivity contribution in [1.82, 2.24) is 5.32 Å². The maximum Gasteiger partial charge on any atom is 0.251 e. The summed E-state index contributed by atoms with van der Waals surface area (Å²) in [6.45, 7) is 0. The molecule has 2 N–H and O–H groups in total. The van der Waals surface area contributed by atoms with Crippen molar-refractivity contribution < 1.29 is 9.90 Å². The van der Waals surface area contributed by atoms with Crippen LogP contribution >= 0.6 is 0 Å². The minimum absolute atomic E-state index is 0.216. The summed E-state index contributed by atoms with van der Waals surface area (Å²) in [5.74, 6) is -0.216. The van der Waals surface area contributed by atoms with E-state index in [9.17, 15) is 9.90 Å². The van der Waals surface area contributed by atoms with Crippen LogP contribution in [-0.2, 0) is 12.0 Å². The average Bonchev–Trinajstić information content (AvgIpc) is 2.85. The number of benzene rings is 4. The molecule has 1 amide bonds. The molecule has 0 aromatic heterocycles. The normalized spacial score (nSPS) is 12.2. The molecule has 0 aliphatic heterocycles. The van der Waals surface area contributed by atoms with Gasteiger partial charge in [-0.15, -0.1) is 0 Å². The molecule has 0 aliphatic carbocycles. The minimum Gasteiger partial charge on any atom is -0.378 e. The lowest BCUT2D eigenvalue weighted by Gasteiger charge is -2.38. The second-order valence-electron chi connectivity index (χ2n) is 7.58. The third-order valence-corrected chi connectivity index (χ3v) is 5.56. The summed E-state index contributed by atoms with van der Waals surface area (Å²) in [6, 6.07) is 37.5. The van der Waals surface area contributed by atoms with Gasteiger partial charge < -0.3 is 10.4 Å². The van der Waals surface area contributed by atoms with E-state index in [-0.39, 0.29) is 5.91 Å². The van der Waals surface area contributed by atoms with Crippen molar-refractivity contribution in [1.29, 1.82) is 0 Å². The van der Waals surface area contributed by atoms with E-state index in [0.29, 0.717) is 12.0 Å². The lowest BCUT2D eigenvalue weighted by molar-refractivity contribution is 0.0344. The van der Waals surface area contributed by atoms with Gasteiger partial charge in [0.1, 0.15) is 5.60 Å². The quantitative estimate of drug-likeness (QED) is 0.455. The molecule has 0 radical (unpaired) electrons. The van der Waals surface area contributed by atoms with Crippen molar-refractivity contribution in [3.8, 4) is 0 Å². The zero-order chi connectivity index (χ0) is 21.5. The van der Waals surface area contributed by atoms with Crippen LogP contribution in [0.1, 0.15) is 27.0 Å². The standard InChI is InChI=1S/C28H25NO2/c30-27(23-15-7-2-8-16-23)29-26(21-22-13-5-1-6-14-22)28(31,24-17-9-3-10-18-24)25-19-11-4-12-20-25/h1-20,26,31H,21H2,(H,29,30)/t26-/m0/s1. The zero-order valence-electron chi connectivity index (χ0n) is 17.2. The van der Waals surface area contributed by atoms with Crippen molar-refractivity contribution in [3.05, 3.63) is 144 Å². The van der Waals surface area contributed by atoms with E-state index >= 15 is 0 Å². The Balaban J connectivity index is 1.80. The van der Waals surface area contributed by atoms with Crippen molar-refractivity contribution in [2.24, 2.45) is 0 Å². The highest BCUT2D eigenvalue weighted by Crippen LogP contribution is 2.35. The summed E-state index contributed by atoms with van der Waals surface area (Å²) in [7, 11) is 0. The lowest BCUT2D eigenvalue weighted by atomic mass is 9.77. The number of carbonyl (C=O) groups excluding carboxylic acids is 1. The molecule has 0 fully saturated rings. The fraction of sp³-hybridized carbons (Fsp3) is 0.107. The molecule has 31 heavy (non-hydrogen) atoms. The van der Waals surface area contributed by atoms with Gasteiger partial charge in [-0.2, -0.15) is 0 Å². The number of aliphatic hydroxyl groups is 1. The third kappa shape index (κ3) is 4.57. The Morgan fingerprint density at radius 3 is 1.58 bits per heavy atom. The molecule has 4 aromatic rings. The van der Waals surface area contributed by atoms with Gasteiger partial charge in [0.15, 0.2) is 0 Å².